The Kier molecular flexibility index (Phi) is 5.23. The summed E-state index contributed by atoms with van der Waals surface area (Å²) in [7, 11) is 3.62. The number of carbonyl (C=O) groups excluding carboxylic acids is 1. The SMILES string of the molecule is CCC(C(=O)Nc1ccc(-c2noc(C(F)(F)F)n2)cc1)N(C)C. The Balaban J connectivity index is 2.11. The van der Waals surface area contributed by atoms with Crippen molar-refractivity contribution in [3.8, 4) is 11.4 Å². The van der Waals surface area contributed by atoms with Gasteiger partial charge in [0, 0.05) is 11.3 Å². The van der Waals surface area contributed by atoms with Crippen LogP contribution in [0.15, 0.2) is 28.8 Å². The number of alkyl halides is 3. The number of nitrogens with one attached hydrogen (secondary N) is 1. The summed E-state index contributed by atoms with van der Waals surface area (Å²) in [6, 6.07) is 5.89. The second-order valence-electron chi connectivity index (χ2n) is 5.38. The van der Waals surface area contributed by atoms with Gasteiger partial charge in [-0.2, -0.15) is 18.2 Å². The van der Waals surface area contributed by atoms with Crippen LogP contribution in [0.4, 0.5) is 18.9 Å². The van der Waals surface area contributed by atoms with E-state index in [1.807, 2.05) is 25.9 Å². The van der Waals surface area contributed by atoms with Crippen molar-refractivity contribution in [1.82, 2.24) is 15.0 Å². The number of amides is 1. The molecule has 0 fully saturated rings. The van der Waals surface area contributed by atoms with Crippen LogP contribution in [0.5, 0.6) is 0 Å². The highest BCUT2D eigenvalue weighted by Crippen LogP contribution is 2.29. The molecule has 9 heteroatoms. The first kappa shape index (κ1) is 17.9. The lowest BCUT2D eigenvalue weighted by Crippen LogP contribution is -2.39. The van der Waals surface area contributed by atoms with E-state index in [2.05, 4.69) is 20.0 Å². The standard InChI is InChI=1S/C15H17F3N4O2/c1-4-11(22(2)3)13(23)19-10-7-5-9(6-8-10)12-20-14(24-21-12)15(16,17)18/h5-8,11H,4H2,1-3H3,(H,19,23). The molecule has 1 N–H and O–H groups in total. The third-order valence-electron chi connectivity index (χ3n) is 3.39. The molecular formula is C15H17F3N4O2. The Morgan fingerprint density at radius 2 is 1.92 bits per heavy atom. The van der Waals surface area contributed by atoms with Crippen LogP contribution in [-0.4, -0.2) is 41.1 Å². The van der Waals surface area contributed by atoms with Crippen molar-refractivity contribution in [2.75, 3.05) is 19.4 Å². The minimum absolute atomic E-state index is 0.158. The number of hydrogen-bond acceptors (Lipinski definition) is 5. The maximum atomic E-state index is 12.5. The molecule has 1 amide bonds. The number of hydrogen-bond donors (Lipinski definition) is 1. The fourth-order valence-electron chi connectivity index (χ4n) is 2.17. The quantitative estimate of drug-likeness (QED) is 0.904. The van der Waals surface area contributed by atoms with E-state index in [0.29, 0.717) is 17.7 Å². The summed E-state index contributed by atoms with van der Waals surface area (Å²) in [6.45, 7) is 1.90. The number of nitrogens with zero attached hydrogens (tertiary/aromatic N) is 3. The number of likely N-dealkylation sites (N-methyl/N-ethyl adjacent to an activating group) is 1. The highest BCUT2D eigenvalue weighted by molar-refractivity contribution is 5.94. The first-order valence-electron chi connectivity index (χ1n) is 7.21. The van der Waals surface area contributed by atoms with Crippen LogP contribution < -0.4 is 5.32 Å². The van der Waals surface area contributed by atoms with E-state index in [4.69, 9.17) is 0 Å². The molecule has 0 saturated heterocycles. The Morgan fingerprint density at radius 1 is 1.29 bits per heavy atom. The number of aromatic nitrogens is 2. The molecule has 0 bridgehead atoms. The summed E-state index contributed by atoms with van der Waals surface area (Å²) in [4.78, 5) is 17.3. The van der Waals surface area contributed by atoms with Crippen molar-refractivity contribution in [3.05, 3.63) is 30.2 Å². The molecule has 0 spiro atoms. The number of benzene rings is 1. The van der Waals surface area contributed by atoms with E-state index in [1.165, 1.54) is 12.1 Å². The molecule has 2 aromatic rings. The fourth-order valence-corrected chi connectivity index (χ4v) is 2.17. The van der Waals surface area contributed by atoms with Gasteiger partial charge >= 0.3 is 12.1 Å². The van der Waals surface area contributed by atoms with Gasteiger partial charge in [0.25, 0.3) is 0 Å². The fraction of sp³-hybridized carbons (Fsp3) is 0.400. The van der Waals surface area contributed by atoms with E-state index < -0.39 is 12.1 Å². The average molecular weight is 342 g/mol. The average Bonchev–Trinajstić information content (AvgIpc) is 2.98. The predicted octanol–water partition coefficient (Wildman–Crippen LogP) is 3.03. The molecular weight excluding hydrogens is 325 g/mol. The zero-order chi connectivity index (χ0) is 17.9. The Labute approximate surface area is 136 Å². The summed E-state index contributed by atoms with van der Waals surface area (Å²) in [5.74, 6) is -1.72. The Bertz CT molecular complexity index is 695. The topological polar surface area (TPSA) is 71.3 Å². The molecule has 1 aromatic heterocycles. The van der Waals surface area contributed by atoms with Gasteiger partial charge in [-0.1, -0.05) is 12.1 Å². The molecule has 2 rings (SSSR count). The first-order valence-corrected chi connectivity index (χ1v) is 7.21. The maximum Gasteiger partial charge on any atom is 0.471 e. The van der Waals surface area contributed by atoms with Gasteiger partial charge in [0.15, 0.2) is 0 Å². The predicted molar refractivity (Wildman–Crippen MR) is 81.1 cm³/mol. The van der Waals surface area contributed by atoms with Gasteiger partial charge in [0.1, 0.15) is 0 Å². The monoisotopic (exact) mass is 342 g/mol. The summed E-state index contributed by atoms with van der Waals surface area (Å²) in [5.41, 5.74) is 0.885. The van der Waals surface area contributed by atoms with Gasteiger partial charge in [-0.25, -0.2) is 0 Å². The first-order chi connectivity index (χ1) is 11.2. The van der Waals surface area contributed by atoms with Crippen molar-refractivity contribution in [1.29, 1.82) is 0 Å². The van der Waals surface area contributed by atoms with Crippen molar-refractivity contribution < 1.29 is 22.5 Å². The molecule has 0 aliphatic rings. The van der Waals surface area contributed by atoms with Crippen molar-refractivity contribution >= 4 is 11.6 Å². The number of anilines is 1. The zero-order valence-electron chi connectivity index (χ0n) is 13.4. The molecule has 0 radical (unpaired) electrons. The zero-order valence-corrected chi connectivity index (χ0v) is 13.4. The third kappa shape index (κ3) is 4.10. The Hall–Kier alpha value is -2.42. The van der Waals surface area contributed by atoms with Crippen LogP contribution in [0.2, 0.25) is 0 Å². The minimum atomic E-state index is -4.68. The third-order valence-corrected chi connectivity index (χ3v) is 3.39. The van der Waals surface area contributed by atoms with Gasteiger partial charge in [0.2, 0.25) is 11.7 Å². The molecule has 6 nitrogen and oxygen atoms in total. The van der Waals surface area contributed by atoms with E-state index in [-0.39, 0.29) is 17.8 Å². The molecule has 1 atom stereocenters. The van der Waals surface area contributed by atoms with Crippen molar-refractivity contribution in [2.45, 2.75) is 25.6 Å². The van der Waals surface area contributed by atoms with E-state index in [0.717, 1.165) is 0 Å². The molecule has 24 heavy (non-hydrogen) atoms. The Morgan fingerprint density at radius 3 is 2.38 bits per heavy atom. The van der Waals surface area contributed by atoms with Gasteiger partial charge in [-0.05, 0) is 44.8 Å². The van der Waals surface area contributed by atoms with Crippen LogP contribution >= 0.6 is 0 Å². The van der Waals surface area contributed by atoms with Gasteiger partial charge in [0.05, 0.1) is 6.04 Å². The minimum Gasteiger partial charge on any atom is -0.329 e. The molecule has 0 saturated carbocycles. The van der Waals surface area contributed by atoms with Crippen molar-refractivity contribution in [2.24, 2.45) is 0 Å². The maximum absolute atomic E-state index is 12.5. The second kappa shape index (κ2) is 7.00. The lowest BCUT2D eigenvalue weighted by atomic mass is 10.1. The van der Waals surface area contributed by atoms with E-state index in [1.54, 1.807) is 12.1 Å². The van der Waals surface area contributed by atoms with Crippen LogP contribution in [-0.2, 0) is 11.0 Å². The molecule has 1 unspecified atom stereocenters. The van der Waals surface area contributed by atoms with Crippen LogP contribution in [0.3, 0.4) is 0 Å². The van der Waals surface area contributed by atoms with Crippen LogP contribution in [0.25, 0.3) is 11.4 Å². The van der Waals surface area contributed by atoms with E-state index >= 15 is 0 Å². The molecule has 130 valence electrons. The lowest BCUT2D eigenvalue weighted by Gasteiger charge is -2.21. The molecule has 1 aromatic carbocycles. The molecule has 0 aliphatic carbocycles. The van der Waals surface area contributed by atoms with E-state index in [9.17, 15) is 18.0 Å². The summed E-state index contributed by atoms with van der Waals surface area (Å²) >= 11 is 0. The lowest BCUT2D eigenvalue weighted by molar-refractivity contribution is -0.159. The highest BCUT2D eigenvalue weighted by atomic mass is 19.4. The molecule has 0 aliphatic heterocycles. The van der Waals surface area contributed by atoms with Gasteiger partial charge in [-0.3, -0.25) is 9.69 Å². The number of rotatable bonds is 5. The van der Waals surface area contributed by atoms with Crippen LogP contribution in [0.1, 0.15) is 19.2 Å². The number of carbonyl (C=O) groups is 1. The summed E-state index contributed by atoms with van der Waals surface area (Å²) < 4.78 is 41.5. The van der Waals surface area contributed by atoms with Crippen molar-refractivity contribution in [3.63, 3.8) is 0 Å². The summed E-state index contributed by atoms with van der Waals surface area (Å²) in [5, 5.41) is 6.07. The second-order valence-corrected chi connectivity index (χ2v) is 5.38. The molecule has 1 heterocycles. The van der Waals surface area contributed by atoms with Crippen LogP contribution in [0, 0.1) is 0 Å². The van der Waals surface area contributed by atoms with Gasteiger partial charge < -0.3 is 9.84 Å². The highest BCUT2D eigenvalue weighted by Gasteiger charge is 2.38. The largest absolute Gasteiger partial charge is 0.471 e. The smallest absolute Gasteiger partial charge is 0.329 e. The normalized spacial score (nSPS) is 13.1. The van der Waals surface area contributed by atoms with Gasteiger partial charge in [-0.15, -0.1) is 0 Å². The number of halogens is 3. The summed E-state index contributed by atoms with van der Waals surface area (Å²) in [6.07, 6.45) is -4.03.